The van der Waals surface area contributed by atoms with Crippen molar-refractivity contribution in [2.24, 2.45) is 5.73 Å². The van der Waals surface area contributed by atoms with E-state index in [1.54, 1.807) is 18.5 Å². The summed E-state index contributed by atoms with van der Waals surface area (Å²) < 4.78 is 12.9. The number of pyridine rings is 2. The minimum absolute atomic E-state index is 0.340. The van der Waals surface area contributed by atoms with Crippen molar-refractivity contribution >= 4 is 5.91 Å². The van der Waals surface area contributed by atoms with Gasteiger partial charge in [-0.05, 0) is 23.3 Å². The molecule has 0 radical (unpaired) electrons. The summed E-state index contributed by atoms with van der Waals surface area (Å²) in [6, 6.07) is 3.03. The molecule has 0 aromatic carbocycles. The maximum atomic E-state index is 12.9. The molecule has 2 N–H and O–H groups in total. The first-order valence-electron chi connectivity index (χ1n) is 4.98. The highest BCUT2D eigenvalue weighted by atomic mass is 19.1. The number of halogens is 1. The van der Waals surface area contributed by atoms with Crippen molar-refractivity contribution < 1.29 is 9.18 Å². The van der Waals surface area contributed by atoms with E-state index in [4.69, 9.17) is 5.73 Å². The van der Waals surface area contributed by atoms with E-state index in [0.717, 1.165) is 11.8 Å². The summed E-state index contributed by atoms with van der Waals surface area (Å²) in [7, 11) is 0. The van der Waals surface area contributed by atoms with Gasteiger partial charge in [0.05, 0.1) is 11.8 Å². The van der Waals surface area contributed by atoms with E-state index >= 15 is 0 Å². The van der Waals surface area contributed by atoms with Crippen LogP contribution in [-0.4, -0.2) is 15.9 Å². The van der Waals surface area contributed by atoms with E-state index in [1.165, 1.54) is 12.3 Å². The Balaban J connectivity index is 2.24. The van der Waals surface area contributed by atoms with E-state index in [0.29, 0.717) is 17.5 Å². The molecule has 0 spiro atoms. The predicted molar refractivity (Wildman–Crippen MR) is 59.8 cm³/mol. The van der Waals surface area contributed by atoms with Crippen molar-refractivity contribution in [3.05, 3.63) is 59.4 Å². The molecule has 0 saturated heterocycles. The molecule has 2 rings (SSSR count). The fourth-order valence-corrected chi connectivity index (χ4v) is 1.51. The lowest BCUT2D eigenvalue weighted by molar-refractivity contribution is 0.1000. The van der Waals surface area contributed by atoms with Crippen molar-refractivity contribution in [1.29, 1.82) is 0 Å². The van der Waals surface area contributed by atoms with E-state index in [2.05, 4.69) is 9.97 Å². The number of nitrogens with zero attached hydrogens (tertiary/aromatic N) is 2. The van der Waals surface area contributed by atoms with Crippen molar-refractivity contribution in [3.63, 3.8) is 0 Å². The van der Waals surface area contributed by atoms with Crippen molar-refractivity contribution in [2.75, 3.05) is 0 Å². The highest BCUT2D eigenvalue weighted by Gasteiger charge is 2.04. The second kappa shape index (κ2) is 4.69. The molecule has 1 amide bonds. The molecular weight excluding hydrogens is 221 g/mol. The summed E-state index contributed by atoms with van der Waals surface area (Å²) in [4.78, 5) is 18.6. The summed E-state index contributed by atoms with van der Waals surface area (Å²) in [5.74, 6) is -0.918. The molecule has 2 aromatic rings. The Morgan fingerprint density at radius 3 is 2.41 bits per heavy atom. The Labute approximate surface area is 97.3 Å². The Morgan fingerprint density at radius 2 is 1.76 bits per heavy atom. The number of hydrogen-bond acceptors (Lipinski definition) is 3. The van der Waals surface area contributed by atoms with Gasteiger partial charge in [-0.3, -0.25) is 14.8 Å². The third-order valence-electron chi connectivity index (χ3n) is 2.25. The normalized spacial score (nSPS) is 10.2. The Morgan fingerprint density at radius 1 is 1.12 bits per heavy atom. The average Bonchev–Trinajstić information content (AvgIpc) is 2.29. The fraction of sp³-hybridized carbons (Fsp3) is 0.0833. The number of carbonyl (C=O) groups is 1. The molecule has 0 fully saturated rings. The zero-order chi connectivity index (χ0) is 12.3. The number of carbonyl (C=O) groups excluding carboxylic acids is 1. The van der Waals surface area contributed by atoms with Crippen molar-refractivity contribution in [1.82, 2.24) is 9.97 Å². The summed E-state index contributed by atoms with van der Waals surface area (Å²) in [5, 5.41) is 0. The number of amides is 1. The zero-order valence-electron chi connectivity index (χ0n) is 8.93. The third-order valence-corrected chi connectivity index (χ3v) is 2.25. The lowest BCUT2D eigenvalue weighted by Gasteiger charge is -2.02. The molecule has 0 bridgehead atoms. The molecule has 2 aromatic heterocycles. The Bertz CT molecular complexity index is 557. The van der Waals surface area contributed by atoms with Gasteiger partial charge in [0, 0.05) is 25.0 Å². The summed E-state index contributed by atoms with van der Waals surface area (Å²) in [6.07, 6.45) is 6.17. The lowest BCUT2D eigenvalue weighted by Crippen LogP contribution is -2.11. The maximum Gasteiger partial charge on any atom is 0.250 e. The minimum atomic E-state index is -0.531. The Kier molecular flexibility index (Phi) is 3.09. The number of aromatic nitrogens is 2. The first-order valence-corrected chi connectivity index (χ1v) is 4.98. The number of rotatable bonds is 3. The van der Waals surface area contributed by atoms with Gasteiger partial charge in [0.1, 0.15) is 5.82 Å². The lowest BCUT2D eigenvalue weighted by atomic mass is 10.1. The molecule has 17 heavy (non-hydrogen) atoms. The first kappa shape index (κ1) is 11.2. The quantitative estimate of drug-likeness (QED) is 0.865. The van der Waals surface area contributed by atoms with E-state index in [9.17, 15) is 9.18 Å². The molecule has 2 heterocycles. The zero-order valence-corrected chi connectivity index (χ0v) is 8.93. The fourth-order valence-electron chi connectivity index (χ4n) is 1.51. The standard InChI is InChI=1S/C12H10FN3O/c13-11-3-9(5-16-7-11)1-8-2-10(12(14)17)6-15-4-8/h2-7H,1H2,(H2,14,17). The van der Waals surface area contributed by atoms with Gasteiger partial charge >= 0.3 is 0 Å². The van der Waals surface area contributed by atoms with Crippen LogP contribution in [0.15, 0.2) is 36.9 Å². The number of primary amides is 1. The van der Waals surface area contributed by atoms with Crippen LogP contribution in [0.2, 0.25) is 0 Å². The van der Waals surface area contributed by atoms with Gasteiger partial charge in [-0.25, -0.2) is 4.39 Å². The van der Waals surface area contributed by atoms with Gasteiger partial charge in [0.15, 0.2) is 0 Å². The minimum Gasteiger partial charge on any atom is -0.366 e. The SMILES string of the molecule is NC(=O)c1cncc(Cc2cncc(F)c2)c1. The van der Waals surface area contributed by atoms with Crippen LogP contribution in [0.5, 0.6) is 0 Å². The van der Waals surface area contributed by atoms with Crippen molar-refractivity contribution in [3.8, 4) is 0 Å². The van der Waals surface area contributed by atoms with Crippen LogP contribution in [0.4, 0.5) is 4.39 Å². The molecule has 0 saturated carbocycles. The molecule has 4 nitrogen and oxygen atoms in total. The van der Waals surface area contributed by atoms with Crippen molar-refractivity contribution in [2.45, 2.75) is 6.42 Å². The van der Waals surface area contributed by atoms with Crippen LogP contribution in [0.1, 0.15) is 21.5 Å². The van der Waals surface area contributed by atoms with Gasteiger partial charge < -0.3 is 5.73 Å². The first-order chi connectivity index (χ1) is 8.15. The maximum absolute atomic E-state index is 12.9. The number of hydrogen-bond donors (Lipinski definition) is 1. The predicted octanol–water partition coefficient (Wildman–Crippen LogP) is 1.31. The average molecular weight is 231 g/mol. The Hall–Kier alpha value is -2.30. The second-order valence-corrected chi connectivity index (χ2v) is 3.63. The van der Waals surface area contributed by atoms with Crippen LogP contribution in [-0.2, 0) is 6.42 Å². The summed E-state index contributed by atoms with van der Waals surface area (Å²) in [5.41, 5.74) is 6.99. The van der Waals surface area contributed by atoms with Crippen LogP contribution in [0.25, 0.3) is 0 Å². The monoisotopic (exact) mass is 231 g/mol. The smallest absolute Gasteiger partial charge is 0.250 e. The molecule has 0 aliphatic carbocycles. The van der Waals surface area contributed by atoms with Gasteiger partial charge in [0.2, 0.25) is 5.91 Å². The van der Waals surface area contributed by atoms with Gasteiger partial charge in [-0.2, -0.15) is 0 Å². The molecule has 0 aliphatic heterocycles. The molecule has 0 aliphatic rings. The largest absolute Gasteiger partial charge is 0.366 e. The van der Waals surface area contributed by atoms with E-state index in [-0.39, 0.29) is 5.82 Å². The van der Waals surface area contributed by atoms with Crippen LogP contribution in [0.3, 0.4) is 0 Å². The van der Waals surface area contributed by atoms with E-state index in [1.807, 2.05) is 0 Å². The summed E-state index contributed by atoms with van der Waals surface area (Å²) >= 11 is 0. The molecule has 86 valence electrons. The highest BCUT2D eigenvalue weighted by molar-refractivity contribution is 5.92. The van der Waals surface area contributed by atoms with Gasteiger partial charge in [-0.15, -0.1) is 0 Å². The van der Waals surface area contributed by atoms with Gasteiger partial charge in [0.25, 0.3) is 0 Å². The molecule has 0 atom stereocenters. The van der Waals surface area contributed by atoms with Crippen LogP contribution >= 0.6 is 0 Å². The molecule has 0 unspecified atom stereocenters. The highest BCUT2D eigenvalue weighted by Crippen LogP contribution is 2.10. The molecular formula is C12H10FN3O. The summed E-state index contributed by atoms with van der Waals surface area (Å²) in [6.45, 7) is 0. The number of nitrogens with two attached hydrogens (primary N) is 1. The topological polar surface area (TPSA) is 68.9 Å². The third kappa shape index (κ3) is 2.84. The van der Waals surface area contributed by atoms with E-state index < -0.39 is 5.91 Å². The van der Waals surface area contributed by atoms with Crippen LogP contribution in [0, 0.1) is 5.82 Å². The van der Waals surface area contributed by atoms with Gasteiger partial charge in [-0.1, -0.05) is 0 Å². The van der Waals surface area contributed by atoms with Crippen LogP contribution < -0.4 is 5.73 Å². The molecule has 5 heteroatoms. The second-order valence-electron chi connectivity index (χ2n) is 3.63.